The summed E-state index contributed by atoms with van der Waals surface area (Å²) in [4.78, 5) is 14.0. The lowest BCUT2D eigenvalue weighted by atomic mass is 10.1. The predicted molar refractivity (Wildman–Crippen MR) is 77.1 cm³/mol. The molecule has 20 heavy (non-hydrogen) atoms. The number of hydrogen-bond donors (Lipinski definition) is 0. The molecule has 1 aliphatic heterocycles. The molecule has 0 N–H and O–H groups in total. The fourth-order valence-corrected chi connectivity index (χ4v) is 2.30. The number of carbonyl (C=O) groups excluding carboxylic acids is 1. The molecule has 1 aliphatic rings. The van der Waals surface area contributed by atoms with Crippen molar-refractivity contribution in [3.63, 3.8) is 0 Å². The van der Waals surface area contributed by atoms with Crippen molar-refractivity contribution in [1.29, 1.82) is 0 Å². The van der Waals surface area contributed by atoms with Gasteiger partial charge in [0.15, 0.2) is 0 Å². The van der Waals surface area contributed by atoms with E-state index in [1.165, 1.54) is 0 Å². The average Bonchev–Trinajstić information content (AvgIpc) is 2.73. The summed E-state index contributed by atoms with van der Waals surface area (Å²) in [7, 11) is 0. The Balaban J connectivity index is 2.04. The van der Waals surface area contributed by atoms with E-state index >= 15 is 0 Å². The molecule has 4 nitrogen and oxygen atoms in total. The van der Waals surface area contributed by atoms with Crippen molar-refractivity contribution in [3.8, 4) is 0 Å². The third-order valence-electron chi connectivity index (χ3n) is 3.46. The first-order valence-electron chi connectivity index (χ1n) is 6.71. The van der Waals surface area contributed by atoms with Crippen LogP contribution in [0.2, 0.25) is 0 Å². The number of hydrogen-bond acceptors (Lipinski definition) is 3. The van der Waals surface area contributed by atoms with Crippen LogP contribution in [0.3, 0.4) is 0 Å². The molecule has 0 radical (unpaired) electrons. The molecule has 1 aromatic rings. The van der Waals surface area contributed by atoms with Crippen LogP contribution in [0.15, 0.2) is 42.5 Å². The Bertz CT molecular complexity index is 496. The zero-order valence-corrected chi connectivity index (χ0v) is 12.3. The molecular weight excluding hydrogens is 254 g/mol. The second-order valence-corrected chi connectivity index (χ2v) is 5.53. The quantitative estimate of drug-likeness (QED) is 0.794. The van der Waals surface area contributed by atoms with E-state index in [1.54, 1.807) is 4.90 Å². The SMILES string of the molecule is C=C(C)[C@H]1COC(C)(C)N1C(=O)OCc1ccccc1. The highest BCUT2D eigenvalue weighted by molar-refractivity contribution is 5.70. The fourth-order valence-electron chi connectivity index (χ4n) is 2.30. The predicted octanol–water partition coefficient (Wildman–Crippen LogP) is 3.34. The van der Waals surface area contributed by atoms with Gasteiger partial charge in [0, 0.05) is 0 Å². The first-order valence-corrected chi connectivity index (χ1v) is 6.71. The maximum atomic E-state index is 12.3. The molecule has 1 aromatic carbocycles. The van der Waals surface area contributed by atoms with Crippen LogP contribution >= 0.6 is 0 Å². The van der Waals surface area contributed by atoms with Gasteiger partial charge in [-0.1, -0.05) is 42.5 Å². The van der Waals surface area contributed by atoms with E-state index < -0.39 is 5.72 Å². The maximum Gasteiger partial charge on any atom is 0.412 e. The lowest BCUT2D eigenvalue weighted by molar-refractivity contribution is -0.0482. The van der Waals surface area contributed by atoms with Crippen LogP contribution in [0.1, 0.15) is 26.3 Å². The van der Waals surface area contributed by atoms with Crippen molar-refractivity contribution in [2.45, 2.75) is 39.1 Å². The molecule has 1 atom stereocenters. The van der Waals surface area contributed by atoms with Gasteiger partial charge >= 0.3 is 6.09 Å². The molecule has 0 aromatic heterocycles. The number of amides is 1. The molecule has 0 saturated carbocycles. The summed E-state index contributed by atoms with van der Waals surface area (Å²) in [6.45, 7) is 10.3. The molecule has 1 saturated heterocycles. The Morgan fingerprint density at radius 2 is 2.10 bits per heavy atom. The maximum absolute atomic E-state index is 12.3. The molecular formula is C16H21NO3. The summed E-state index contributed by atoms with van der Waals surface area (Å²) >= 11 is 0. The van der Waals surface area contributed by atoms with Crippen molar-refractivity contribution >= 4 is 6.09 Å². The van der Waals surface area contributed by atoms with Crippen LogP contribution in [0, 0.1) is 0 Å². The van der Waals surface area contributed by atoms with Gasteiger partial charge in [0.25, 0.3) is 0 Å². The van der Waals surface area contributed by atoms with E-state index in [-0.39, 0.29) is 18.7 Å². The first kappa shape index (κ1) is 14.6. The Hall–Kier alpha value is -1.81. The van der Waals surface area contributed by atoms with Crippen LogP contribution in [-0.2, 0) is 16.1 Å². The minimum absolute atomic E-state index is 0.131. The topological polar surface area (TPSA) is 38.8 Å². The highest BCUT2D eigenvalue weighted by Crippen LogP contribution is 2.31. The van der Waals surface area contributed by atoms with E-state index in [0.717, 1.165) is 11.1 Å². The summed E-state index contributed by atoms with van der Waals surface area (Å²) in [5, 5.41) is 0. The normalized spacial score (nSPS) is 20.8. The number of ether oxygens (including phenoxy) is 2. The number of benzene rings is 1. The summed E-state index contributed by atoms with van der Waals surface area (Å²) in [5.41, 5.74) is 1.19. The molecule has 0 unspecified atom stereocenters. The highest BCUT2D eigenvalue weighted by atomic mass is 16.6. The van der Waals surface area contributed by atoms with Crippen molar-refractivity contribution < 1.29 is 14.3 Å². The van der Waals surface area contributed by atoms with Gasteiger partial charge in [-0.3, -0.25) is 4.90 Å². The molecule has 0 spiro atoms. The van der Waals surface area contributed by atoms with Crippen LogP contribution in [0.4, 0.5) is 4.79 Å². The second-order valence-electron chi connectivity index (χ2n) is 5.53. The molecule has 0 aliphatic carbocycles. The number of nitrogens with zero attached hydrogens (tertiary/aromatic N) is 1. The highest BCUT2D eigenvalue weighted by Gasteiger charge is 2.45. The van der Waals surface area contributed by atoms with E-state index in [4.69, 9.17) is 9.47 Å². The Labute approximate surface area is 120 Å². The van der Waals surface area contributed by atoms with Crippen molar-refractivity contribution in [1.82, 2.24) is 4.90 Å². The van der Waals surface area contributed by atoms with Gasteiger partial charge in [0.1, 0.15) is 12.3 Å². The summed E-state index contributed by atoms with van der Waals surface area (Å²) in [6.07, 6.45) is -0.371. The molecule has 1 amide bonds. The molecule has 1 heterocycles. The fraction of sp³-hybridized carbons (Fsp3) is 0.438. The Morgan fingerprint density at radius 1 is 1.45 bits per heavy atom. The van der Waals surface area contributed by atoms with Crippen molar-refractivity contribution in [2.75, 3.05) is 6.61 Å². The third kappa shape index (κ3) is 3.02. The zero-order chi connectivity index (χ0) is 14.8. The standard InChI is InChI=1S/C16H21NO3/c1-12(2)14-11-20-16(3,4)17(14)15(18)19-10-13-8-6-5-7-9-13/h5-9,14H,1,10-11H2,2-4H3/t14-/m1/s1. The summed E-state index contributed by atoms with van der Waals surface area (Å²) < 4.78 is 11.1. The Morgan fingerprint density at radius 3 is 2.70 bits per heavy atom. The van der Waals surface area contributed by atoms with Gasteiger partial charge in [-0.05, 0) is 26.3 Å². The van der Waals surface area contributed by atoms with E-state index in [9.17, 15) is 4.79 Å². The molecule has 2 rings (SSSR count). The zero-order valence-electron chi connectivity index (χ0n) is 12.3. The monoisotopic (exact) mass is 275 g/mol. The summed E-state index contributed by atoms with van der Waals surface area (Å²) in [6, 6.07) is 9.49. The second kappa shape index (κ2) is 5.67. The van der Waals surface area contributed by atoms with Gasteiger partial charge < -0.3 is 9.47 Å². The van der Waals surface area contributed by atoms with Crippen molar-refractivity contribution in [3.05, 3.63) is 48.0 Å². The minimum atomic E-state index is -0.669. The van der Waals surface area contributed by atoms with E-state index in [0.29, 0.717) is 6.61 Å². The van der Waals surface area contributed by atoms with Gasteiger partial charge in [0.2, 0.25) is 0 Å². The molecule has 1 fully saturated rings. The van der Waals surface area contributed by atoms with Crippen LogP contribution in [-0.4, -0.2) is 29.4 Å². The van der Waals surface area contributed by atoms with Gasteiger partial charge in [0.05, 0.1) is 12.6 Å². The number of rotatable bonds is 3. The minimum Gasteiger partial charge on any atom is -0.444 e. The lowest BCUT2D eigenvalue weighted by Gasteiger charge is -2.32. The first-order chi connectivity index (χ1) is 9.42. The van der Waals surface area contributed by atoms with Gasteiger partial charge in [-0.25, -0.2) is 4.79 Å². The number of carbonyl (C=O) groups is 1. The van der Waals surface area contributed by atoms with Crippen LogP contribution in [0.25, 0.3) is 0 Å². The summed E-state index contributed by atoms with van der Waals surface area (Å²) in [5.74, 6) is 0. The van der Waals surface area contributed by atoms with Crippen molar-refractivity contribution in [2.24, 2.45) is 0 Å². The largest absolute Gasteiger partial charge is 0.444 e. The molecule has 108 valence electrons. The molecule has 0 bridgehead atoms. The molecule has 4 heteroatoms. The van der Waals surface area contributed by atoms with E-state index in [2.05, 4.69) is 6.58 Å². The smallest absolute Gasteiger partial charge is 0.412 e. The van der Waals surface area contributed by atoms with Gasteiger partial charge in [-0.15, -0.1) is 0 Å². The Kier molecular flexibility index (Phi) is 4.14. The lowest BCUT2D eigenvalue weighted by Crippen LogP contribution is -2.48. The van der Waals surface area contributed by atoms with E-state index in [1.807, 2.05) is 51.1 Å². The van der Waals surface area contributed by atoms with Crippen LogP contribution < -0.4 is 0 Å². The van der Waals surface area contributed by atoms with Gasteiger partial charge in [-0.2, -0.15) is 0 Å². The average molecular weight is 275 g/mol. The third-order valence-corrected chi connectivity index (χ3v) is 3.46. The van der Waals surface area contributed by atoms with Crippen LogP contribution in [0.5, 0.6) is 0 Å².